The van der Waals surface area contributed by atoms with Crippen LogP contribution in [-0.4, -0.2) is 23.2 Å². The van der Waals surface area contributed by atoms with Crippen LogP contribution in [0.1, 0.15) is 32.0 Å². The quantitative estimate of drug-likeness (QED) is 0.154. The molecule has 0 spiro atoms. The third-order valence-electron chi connectivity index (χ3n) is 4.64. The largest absolute Gasteiger partial charge is 0.488 e. The van der Waals surface area contributed by atoms with Crippen LogP contribution in [0, 0.1) is 3.57 Å². The van der Waals surface area contributed by atoms with Gasteiger partial charge in [0.1, 0.15) is 17.9 Å². The first-order chi connectivity index (χ1) is 15.9. The minimum atomic E-state index is -0.976. The number of carbonyl (C=O) groups is 2. The number of hydrogen-bond donors (Lipinski definition) is 2. The SMILES string of the molecule is O=C(O)c1ccc(COc2ccccc2/C=N\NC(=O)c2cc3cc(Br)cc(I)c3o2)cc1. The van der Waals surface area contributed by atoms with Gasteiger partial charge < -0.3 is 14.3 Å². The number of nitrogens with zero attached hydrogens (tertiary/aromatic N) is 1. The van der Waals surface area contributed by atoms with Gasteiger partial charge in [-0.2, -0.15) is 5.10 Å². The molecule has 0 aliphatic carbocycles. The van der Waals surface area contributed by atoms with Crippen molar-refractivity contribution in [3.05, 3.63) is 97.2 Å². The number of furan rings is 1. The predicted octanol–water partition coefficient (Wildman–Crippen LogP) is 5.84. The summed E-state index contributed by atoms with van der Waals surface area (Å²) >= 11 is 5.59. The molecule has 4 rings (SSSR count). The van der Waals surface area contributed by atoms with E-state index in [1.807, 2.05) is 24.3 Å². The third kappa shape index (κ3) is 5.60. The predicted molar refractivity (Wildman–Crippen MR) is 136 cm³/mol. The van der Waals surface area contributed by atoms with Crippen LogP contribution in [0.2, 0.25) is 0 Å². The van der Waals surface area contributed by atoms with E-state index in [1.165, 1.54) is 18.3 Å². The lowest BCUT2D eigenvalue weighted by atomic mass is 10.1. The summed E-state index contributed by atoms with van der Waals surface area (Å²) in [6.07, 6.45) is 1.49. The zero-order valence-corrected chi connectivity index (χ0v) is 20.7. The zero-order valence-electron chi connectivity index (χ0n) is 16.9. The Labute approximate surface area is 210 Å². The second-order valence-electron chi connectivity index (χ2n) is 6.94. The minimum absolute atomic E-state index is 0.160. The molecule has 3 aromatic carbocycles. The molecule has 4 aromatic rings. The van der Waals surface area contributed by atoms with E-state index in [0.29, 0.717) is 16.9 Å². The van der Waals surface area contributed by atoms with Gasteiger partial charge in [-0.25, -0.2) is 10.2 Å². The number of rotatable bonds is 7. The first-order valence-corrected chi connectivity index (χ1v) is 11.5. The second-order valence-corrected chi connectivity index (χ2v) is 9.02. The topological polar surface area (TPSA) is 101 Å². The smallest absolute Gasteiger partial charge is 0.335 e. The monoisotopic (exact) mass is 618 g/mol. The van der Waals surface area contributed by atoms with Gasteiger partial charge in [-0.1, -0.05) is 40.2 Å². The summed E-state index contributed by atoms with van der Waals surface area (Å²) in [4.78, 5) is 23.4. The van der Waals surface area contributed by atoms with Crippen molar-refractivity contribution in [1.82, 2.24) is 5.43 Å². The highest BCUT2D eigenvalue weighted by atomic mass is 127. The van der Waals surface area contributed by atoms with Gasteiger partial charge in [-0.15, -0.1) is 0 Å². The molecule has 2 N–H and O–H groups in total. The molecule has 9 heteroatoms. The molecule has 166 valence electrons. The van der Waals surface area contributed by atoms with E-state index in [1.54, 1.807) is 30.3 Å². The Balaban J connectivity index is 1.42. The standard InChI is InChI=1S/C24H16BrIN2O5/c25-18-9-17-10-21(33-22(17)19(26)11-18)23(29)28-27-12-16-3-1-2-4-20(16)32-13-14-5-7-15(8-6-14)24(30)31/h1-12H,13H2,(H,28,29)(H,30,31)/b27-12-. The molecule has 0 saturated carbocycles. The Bertz CT molecular complexity index is 1370. The van der Waals surface area contributed by atoms with E-state index in [-0.39, 0.29) is 17.9 Å². The fourth-order valence-corrected chi connectivity index (χ4v) is 4.69. The van der Waals surface area contributed by atoms with Crippen molar-refractivity contribution in [2.45, 2.75) is 6.61 Å². The molecule has 0 saturated heterocycles. The highest BCUT2D eigenvalue weighted by Crippen LogP contribution is 2.28. The lowest BCUT2D eigenvalue weighted by Crippen LogP contribution is -2.16. The molecule has 0 bridgehead atoms. The van der Waals surface area contributed by atoms with E-state index in [2.05, 4.69) is 49.0 Å². The Morgan fingerprint density at radius 2 is 1.88 bits per heavy atom. The van der Waals surface area contributed by atoms with Crippen LogP contribution in [0.15, 0.2) is 80.7 Å². The average molecular weight is 619 g/mol. The Kier molecular flexibility index (Phi) is 7.09. The van der Waals surface area contributed by atoms with Crippen LogP contribution in [-0.2, 0) is 6.61 Å². The van der Waals surface area contributed by atoms with Crippen molar-refractivity contribution < 1.29 is 23.8 Å². The number of halogens is 2. The van der Waals surface area contributed by atoms with Gasteiger partial charge in [-0.3, -0.25) is 4.79 Å². The number of benzene rings is 3. The molecular weight excluding hydrogens is 603 g/mol. The molecule has 0 radical (unpaired) electrons. The summed E-state index contributed by atoms with van der Waals surface area (Å²) in [5, 5.41) is 13.8. The maximum absolute atomic E-state index is 12.5. The maximum atomic E-state index is 12.5. The van der Waals surface area contributed by atoms with Crippen LogP contribution in [0.5, 0.6) is 5.75 Å². The molecule has 33 heavy (non-hydrogen) atoms. The number of fused-ring (bicyclic) bond motifs is 1. The fraction of sp³-hybridized carbons (Fsp3) is 0.0417. The van der Waals surface area contributed by atoms with Gasteiger partial charge in [0.05, 0.1) is 15.3 Å². The normalized spacial score (nSPS) is 11.1. The number of aromatic carboxylic acids is 1. The Hall–Kier alpha value is -3.18. The maximum Gasteiger partial charge on any atom is 0.335 e. The van der Waals surface area contributed by atoms with E-state index < -0.39 is 11.9 Å². The number of ether oxygens (including phenoxy) is 1. The number of carbonyl (C=O) groups excluding carboxylic acids is 1. The van der Waals surface area contributed by atoms with Crippen molar-refractivity contribution in [2.75, 3.05) is 0 Å². The van der Waals surface area contributed by atoms with Crippen LogP contribution in [0.25, 0.3) is 11.0 Å². The molecular formula is C24H16BrIN2O5. The van der Waals surface area contributed by atoms with Crippen LogP contribution in [0.4, 0.5) is 0 Å². The van der Waals surface area contributed by atoms with Crippen LogP contribution in [0.3, 0.4) is 0 Å². The van der Waals surface area contributed by atoms with Crippen LogP contribution >= 0.6 is 38.5 Å². The van der Waals surface area contributed by atoms with Gasteiger partial charge in [-0.05, 0) is 70.6 Å². The number of para-hydroxylation sites is 1. The molecule has 0 unspecified atom stereocenters. The number of carboxylic acid groups (broad SMARTS) is 1. The number of hydrogen-bond acceptors (Lipinski definition) is 5. The summed E-state index contributed by atoms with van der Waals surface area (Å²) in [5.74, 6) is -0.712. The van der Waals surface area contributed by atoms with Gasteiger partial charge in [0.2, 0.25) is 0 Å². The third-order valence-corrected chi connectivity index (χ3v) is 5.90. The number of nitrogens with one attached hydrogen (secondary N) is 1. The molecule has 0 fully saturated rings. The fourth-order valence-electron chi connectivity index (χ4n) is 3.03. The first-order valence-electron chi connectivity index (χ1n) is 9.67. The lowest BCUT2D eigenvalue weighted by Gasteiger charge is -2.09. The van der Waals surface area contributed by atoms with Crippen LogP contribution < -0.4 is 10.2 Å². The minimum Gasteiger partial charge on any atom is -0.488 e. The van der Waals surface area contributed by atoms with Crippen molar-refractivity contribution in [3.63, 3.8) is 0 Å². The molecule has 1 aromatic heterocycles. The zero-order chi connectivity index (χ0) is 23.4. The van der Waals surface area contributed by atoms with E-state index in [9.17, 15) is 9.59 Å². The van der Waals surface area contributed by atoms with Gasteiger partial charge in [0, 0.05) is 15.4 Å². The van der Waals surface area contributed by atoms with Crippen molar-refractivity contribution in [1.29, 1.82) is 0 Å². The Morgan fingerprint density at radius 1 is 1.12 bits per heavy atom. The summed E-state index contributed by atoms with van der Waals surface area (Å²) in [6, 6.07) is 19.2. The van der Waals surface area contributed by atoms with E-state index in [4.69, 9.17) is 14.3 Å². The first kappa shape index (κ1) is 23.0. The van der Waals surface area contributed by atoms with E-state index in [0.717, 1.165) is 19.0 Å². The highest BCUT2D eigenvalue weighted by molar-refractivity contribution is 14.1. The number of amides is 1. The van der Waals surface area contributed by atoms with Gasteiger partial charge >= 0.3 is 11.9 Å². The summed E-state index contributed by atoms with van der Waals surface area (Å²) in [5.41, 5.74) is 4.82. The van der Waals surface area contributed by atoms with Crippen molar-refractivity contribution in [3.8, 4) is 5.75 Å². The summed E-state index contributed by atoms with van der Waals surface area (Å²) in [6.45, 7) is 0.254. The van der Waals surface area contributed by atoms with Crippen molar-refractivity contribution in [2.24, 2.45) is 5.10 Å². The molecule has 0 aliphatic rings. The molecule has 7 nitrogen and oxygen atoms in total. The summed E-state index contributed by atoms with van der Waals surface area (Å²) < 4.78 is 13.3. The molecule has 0 aliphatic heterocycles. The molecule has 1 amide bonds. The van der Waals surface area contributed by atoms with Gasteiger partial charge in [0.15, 0.2) is 5.76 Å². The van der Waals surface area contributed by atoms with Gasteiger partial charge in [0.25, 0.3) is 0 Å². The average Bonchev–Trinajstić information content (AvgIpc) is 3.23. The Morgan fingerprint density at radius 3 is 2.64 bits per heavy atom. The number of carboxylic acids is 1. The highest BCUT2D eigenvalue weighted by Gasteiger charge is 2.14. The van der Waals surface area contributed by atoms with Crippen molar-refractivity contribution >= 4 is 67.6 Å². The number of hydrazone groups is 1. The second kappa shape index (κ2) is 10.2. The lowest BCUT2D eigenvalue weighted by molar-refractivity contribution is 0.0696. The van der Waals surface area contributed by atoms with E-state index >= 15 is 0 Å². The molecule has 0 atom stereocenters. The molecule has 1 heterocycles. The summed E-state index contributed by atoms with van der Waals surface area (Å²) in [7, 11) is 0.